The summed E-state index contributed by atoms with van der Waals surface area (Å²) in [6, 6.07) is 0. The Balaban J connectivity index is 6.72. The first kappa shape index (κ1) is 23.5. The van der Waals surface area contributed by atoms with E-state index in [1.54, 1.807) is 0 Å². The molecule has 25 heavy (non-hydrogen) atoms. The van der Waals surface area contributed by atoms with Gasteiger partial charge in [0.2, 0.25) is 15.9 Å². The third kappa shape index (κ3) is 3.55. The molecule has 0 unspecified atom stereocenters. The van der Waals surface area contributed by atoms with Crippen molar-refractivity contribution in [1.82, 2.24) is 0 Å². The van der Waals surface area contributed by atoms with Crippen LogP contribution in [0.2, 0.25) is 0 Å². The van der Waals surface area contributed by atoms with Gasteiger partial charge in [0.05, 0.1) is 0 Å². The van der Waals surface area contributed by atoms with Crippen LogP contribution < -0.4 is 0 Å². The molecule has 0 heterocycles. The summed E-state index contributed by atoms with van der Waals surface area (Å²) in [4.78, 5) is 58.5. The first-order chi connectivity index (χ1) is 11.1. The number of carbonyl (C=O) groups is 5. The van der Waals surface area contributed by atoms with E-state index in [0.717, 1.165) is 6.92 Å². The van der Waals surface area contributed by atoms with Gasteiger partial charge in [-0.1, -0.05) is 0 Å². The lowest BCUT2D eigenvalue weighted by atomic mass is 9.63. The molecule has 142 valence electrons. The van der Waals surface area contributed by atoms with Crippen molar-refractivity contribution in [3.05, 3.63) is 0 Å². The molecule has 0 amide bonds. The second-order valence-electron chi connectivity index (χ2n) is 5.45. The van der Waals surface area contributed by atoms with Gasteiger partial charge >= 0.3 is 5.97 Å². The number of aliphatic hydroxyl groups excluding tert-OH is 1. The maximum atomic E-state index is 12.0. The molecule has 0 aromatic carbocycles. The highest BCUT2D eigenvalue weighted by Crippen LogP contribution is 2.40. The van der Waals surface area contributed by atoms with Crippen molar-refractivity contribution in [2.45, 2.75) is 50.6 Å². The largest absolute Gasteiger partial charge is 0.463 e. The molecule has 0 aromatic rings. The van der Waals surface area contributed by atoms with Crippen LogP contribution >= 0.6 is 15.9 Å². The fraction of sp³-hybridized carbons (Fsp3) is 0.643. The Morgan fingerprint density at radius 3 is 1.60 bits per heavy atom. The van der Waals surface area contributed by atoms with Gasteiger partial charge in [0, 0.05) is 6.92 Å². The van der Waals surface area contributed by atoms with Gasteiger partial charge < -0.3 is 25.2 Å². The van der Waals surface area contributed by atoms with Crippen LogP contribution in [0.4, 0.5) is 0 Å². The molecule has 0 aromatic heterocycles. The fourth-order valence-electron chi connectivity index (χ4n) is 2.38. The van der Waals surface area contributed by atoms with Gasteiger partial charge in [-0.05, 0) is 36.7 Å². The quantitative estimate of drug-likeness (QED) is 0.179. The number of rotatable bonds is 9. The normalized spacial score (nSPS) is 19.6. The highest BCUT2D eigenvalue weighted by atomic mass is 79.9. The predicted octanol–water partition coefficient (Wildman–Crippen LogP) is -2.21. The molecule has 0 fully saturated rings. The minimum absolute atomic E-state index is 0.580. The summed E-state index contributed by atoms with van der Waals surface area (Å²) in [7, 11) is 0. The van der Waals surface area contributed by atoms with Gasteiger partial charge in [-0.2, -0.15) is 0 Å². The van der Waals surface area contributed by atoms with Crippen molar-refractivity contribution in [3.63, 3.8) is 0 Å². The Hall–Kier alpha value is -1.53. The van der Waals surface area contributed by atoms with Crippen LogP contribution in [-0.2, 0) is 28.7 Å². The smallest absolute Gasteiger partial charge is 0.302 e. The Morgan fingerprint density at radius 1 is 0.920 bits per heavy atom. The van der Waals surface area contributed by atoms with Crippen molar-refractivity contribution in [2.75, 3.05) is 6.61 Å². The molecule has 0 saturated carbocycles. The Labute approximate surface area is 150 Å². The summed E-state index contributed by atoms with van der Waals surface area (Å²) in [5.41, 5.74) is -11.0. The van der Waals surface area contributed by atoms with E-state index in [2.05, 4.69) is 20.7 Å². The summed E-state index contributed by atoms with van der Waals surface area (Å²) < 4.78 is 2.79. The van der Waals surface area contributed by atoms with Crippen LogP contribution in [0, 0.1) is 0 Å². The second kappa shape index (κ2) is 7.79. The molecule has 11 heteroatoms. The first-order valence-corrected chi connectivity index (χ1v) is 7.62. The van der Waals surface area contributed by atoms with Crippen LogP contribution in [0.5, 0.6) is 0 Å². The van der Waals surface area contributed by atoms with Gasteiger partial charge in [0.1, 0.15) is 12.7 Å². The van der Waals surface area contributed by atoms with Gasteiger partial charge in [0.25, 0.3) is 0 Å². The molecule has 0 spiro atoms. The molecule has 4 atom stereocenters. The zero-order valence-electron chi connectivity index (χ0n) is 13.9. The average molecular weight is 427 g/mol. The number of esters is 1. The molecule has 0 aliphatic heterocycles. The lowest BCUT2D eigenvalue weighted by Gasteiger charge is -2.48. The Bertz CT molecular complexity index is 601. The number of Topliss-reactive ketones (excluding diaryl/α,β-unsaturated/α-hetero) is 3. The SMILES string of the molecule is CC(=O)OC[C@@H](O)[C@](O)(C(C)=O)[C@@](O)(C(C)=O)[C@](O)(C(C)=O)C(=O)Br. The first-order valence-electron chi connectivity index (χ1n) is 6.83. The van der Waals surface area contributed by atoms with E-state index in [9.17, 15) is 44.4 Å². The van der Waals surface area contributed by atoms with Crippen LogP contribution in [-0.4, -0.2) is 78.0 Å². The van der Waals surface area contributed by atoms with Gasteiger partial charge in [-0.25, -0.2) is 0 Å². The Kier molecular flexibility index (Phi) is 7.31. The topological polar surface area (TPSA) is 176 Å². The monoisotopic (exact) mass is 426 g/mol. The molecule has 0 saturated heterocycles. The van der Waals surface area contributed by atoms with Crippen molar-refractivity contribution >= 4 is 43.9 Å². The lowest BCUT2D eigenvalue weighted by molar-refractivity contribution is -0.245. The van der Waals surface area contributed by atoms with Crippen molar-refractivity contribution in [2.24, 2.45) is 0 Å². The summed E-state index contributed by atoms with van der Waals surface area (Å²) in [5.74, 6) is -5.47. The second-order valence-corrected chi connectivity index (χ2v) is 6.17. The number of ether oxygens (including phenoxy) is 1. The zero-order chi connectivity index (χ0) is 20.4. The number of hydrogen-bond donors (Lipinski definition) is 4. The van der Waals surface area contributed by atoms with E-state index in [1.165, 1.54) is 0 Å². The highest BCUT2D eigenvalue weighted by Gasteiger charge is 2.74. The molecule has 0 rings (SSSR count). The number of carbonyl (C=O) groups excluding carboxylic acids is 5. The minimum atomic E-state index is -3.78. The van der Waals surface area contributed by atoms with E-state index >= 15 is 0 Å². The molecular weight excluding hydrogens is 408 g/mol. The number of hydrogen-bond acceptors (Lipinski definition) is 10. The van der Waals surface area contributed by atoms with Crippen LogP contribution in [0.25, 0.3) is 0 Å². The average Bonchev–Trinajstić information content (AvgIpc) is 2.48. The minimum Gasteiger partial charge on any atom is -0.463 e. The number of halogens is 1. The molecule has 0 radical (unpaired) electrons. The molecule has 0 aliphatic carbocycles. The maximum absolute atomic E-state index is 12.0. The van der Waals surface area contributed by atoms with Crippen LogP contribution in [0.3, 0.4) is 0 Å². The molecule has 0 aliphatic rings. The highest BCUT2D eigenvalue weighted by molar-refractivity contribution is 9.18. The summed E-state index contributed by atoms with van der Waals surface area (Å²) in [5, 5.41) is 41.9. The third-order valence-electron chi connectivity index (χ3n) is 3.84. The van der Waals surface area contributed by atoms with E-state index < -0.39 is 57.5 Å². The maximum Gasteiger partial charge on any atom is 0.302 e. The zero-order valence-corrected chi connectivity index (χ0v) is 15.5. The predicted molar refractivity (Wildman–Crippen MR) is 83.5 cm³/mol. The van der Waals surface area contributed by atoms with Crippen molar-refractivity contribution in [1.29, 1.82) is 0 Å². The number of aliphatic hydroxyl groups is 4. The van der Waals surface area contributed by atoms with Crippen molar-refractivity contribution < 1.29 is 49.1 Å². The Morgan fingerprint density at radius 2 is 1.36 bits per heavy atom. The molecule has 4 N–H and O–H groups in total. The van der Waals surface area contributed by atoms with E-state index in [0.29, 0.717) is 20.8 Å². The standard InChI is InChI=1S/C14H19BrO10/c1-6(16)12(22,10(20)5-25-9(4)19)14(24,8(3)18)13(23,7(2)17)11(15)21/h10,20,22-24H,5H2,1-4H3/t10-,12-,13+,14+/m1/s1. The summed E-state index contributed by atoms with van der Waals surface area (Å²) >= 11 is 2.24. The molecule has 0 bridgehead atoms. The van der Waals surface area contributed by atoms with Gasteiger partial charge in [-0.3, -0.25) is 24.0 Å². The number of ketones is 3. The van der Waals surface area contributed by atoms with E-state index in [1.807, 2.05) is 0 Å². The third-order valence-corrected chi connectivity index (χ3v) is 4.42. The summed E-state index contributed by atoms with van der Waals surface area (Å²) in [6.07, 6.45) is -2.46. The fourth-order valence-corrected chi connectivity index (χ4v) is 2.95. The van der Waals surface area contributed by atoms with Crippen LogP contribution in [0.1, 0.15) is 27.7 Å². The lowest BCUT2D eigenvalue weighted by Crippen LogP contribution is -2.80. The molecule has 10 nitrogen and oxygen atoms in total. The van der Waals surface area contributed by atoms with Crippen molar-refractivity contribution in [3.8, 4) is 0 Å². The van der Waals surface area contributed by atoms with Crippen LogP contribution in [0.15, 0.2) is 0 Å². The molecular formula is C14H19BrO10. The van der Waals surface area contributed by atoms with E-state index in [-0.39, 0.29) is 0 Å². The summed E-state index contributed by atoms with van der Waals surface area (Å²) in [6.45, 7) is 1.68. The van der Waals surface area contributed by atoms with Gasteiger partial charge in [-0.15, -0.1) is 0 Å². The van der Waals surface area contributed by atoms with E-state index in [4.69, 9.17) is 0 Å². The van der Waals surface area contributed by atoms with Gasteiger partial charge in [0.15, 0.2) is 23.0 Å².